The first-order chi connectivity index (χ1) is 9.85. The molecule has 2 bridgehead atoms. The van der Waals surface area contributed by atoms with Crippen LogP contribution < -0.4 is 10.1 Å². The average molecular weight is 269 g/mol. The van der Waals surface area contributed by atoms with Crippen molar-refractivity contribution in [1.29, 1.82) is 0 Å². The quantitative estimate of drug-likeness (QED) is 0.846. The highest BCUT2D eigenvalue weighted by Gasteiger charge is 2.51. The normalized spacial score (nSPS) is 37.4. The van der Waals surface area contributed by atoms with Crippen molar-refractivity contribution in [3.63, 3.8) is 0 Å². The van der Waals surface area contributed by atoms with Crippen LogP contribution in [0.5, 0.6) is 5.75 Å². The molecule has 0 amide bonds. The van der Waals surface area contributed by atoms with E-state index in [1.807, 2.05) is 6.07 Å². The Morgan fingerprint density at radius 2 is 2.20 bits per heavy atom. The van der Waals surface area contributed by atoms with Crippen LogP contribution in [0, 0.1) is 23.7 Å². The second-order valence-corrected chi connectivity index (χ2v) is 6.64. The van der Waals surface area contributed by atoms with E-state index in [9.17, 15) is 0 Å². The minimum absolute atomic E-state index is 0.718. The van der Waals surface area contributed by atoms with Gasteiger partial charge in [-0.1, -0.05) is 24.3 Å². The molecule has 2 saturated carbocycles. The van der Waals surface area contributed by atoms with Crippen LogP contribution >= 0.6 is 0 Å². The van der Waals surface area contributed by atoms with Gasteiger partial charge in [-0.2, -0.15) is 0 Å². The van der Waals surface area contributed by atoms with Gasteiger partial charge >= 0.3 is 0 Å². The number of ether oxygens (including phenoxy) is 1. The summed E-state index contributed by atoms with van der Waals surface area (Å²) in [4.78, 5) is 0. The monoisotopic (exact) mass is 269 g/mol. The van der Waals surface area contributed by atoms with Gasteiger partial charge < -0.3 is 10.1 Å². The van der Waals surface area contributed by atoms with Gasteiger partial charge in [-0.05, 0) is 60.6 Å². The van der Waals surface area contributed by atoms with Crippen LogP contribution in [0.3, 0.4) is 0 Å². The zero-order valence-corrected chi connectivity index (χ0v) is 12.1. The van der Waals surface area contributed by atoms with Crippen LogP contribution in [0.4, 0.5) is 0 Å². The molecule has 106 valence electrons. The molecule has 0 aliphatic heterocycles. The Kier molecular flexibility index (Phi) is 3.07. The van der Waals surface area contributed by atoms with E-state index in [-0.39, 0.29) is 0 Å². The summed E-state index contributed by atoms with van der Waals surface area (Å²) in [5, 5.41) is 3.80. The largest absolute Gasteiger partial charge is 0.497 e. The molecule has 20 heavy (non-hydrogen) atoms. The van der Waals surface area contributed by atoms with Crippen molar-refractivity contribution in [3.05, 3.63) is 42.0 Å². The molecule has 0 spiro atoms. The Morgan fingerprint density at radius 3 is 3.10 bits per heavy atom. The summed E-state index contributed by atoms with van der Waals surface area (Å²) in [5.74, 6) is 4.67. The van der Waals surface area contributed by atoms with Gasteiger partial charge in [0.2, 0.25) is 0 Å². The fourth-order valence-corrected chi connectivity index (χ4v) is 4.81. The summed E-state index contributed by atoms with van der Waals surface area (Å²) in [6.45, 7) is 0.964. The van der Waals surface area contributed by atoms with E-state index in [4.69, 9.17) is 4.74 Å². The molecule has 2 heteroatoms. The van der Waals surface area contributed by atoms with Gasteiger partial charge in [-0.15, -0.1) is 0 Å². The van der Waals surface area contributed by atoms with Crippen molar-refractivity contribution in [2.75, 3.05) is 7.11 Å². The second-order valence-electron chi connectivity index (χ2n) is 6.64. The van der Waals surface area contributed by atoms with E-state index >= 15 is 0 Å². The van der Waals surface area contributed by atoms with Crippen molar-refractivity contribution >= 4 is 0 Å². The molecule has 1 N–H and O–H groups in total. The van der Waals surface area contributed by atoms with Crippen LogP contribution in [0.25, 0.3) is 0 Å². The van der Waals surface area contributed by atoms with E-state index in [1.165, 1.54) is 24.8 Å². The number of allylic oxidation sites excluding steroid dienone is 2. The highest BCUT2D eigenvalue weighted by molar-refractivity contribution is 5.28. The van der Waals surface area contributed by atoms with Crippen molar-refractivity contribution in [2.24, 2.45) is 23.7 Å². The number of benzene rings is 1. The minimum Gasteiger partial charge on any atom is -0.497 e. The van der Waals surface area contributed by atoms with Gasteiger partial charge in [0, 0.05) is 12.6 Å². The Morgan fingerprint density at radius 1 is 1.25 bits per heavy atom. The van der Waals surface area contributed by atoms with E-state index in [0.29, 0.717) is 0 Å². The van der Waals surface area contributed by atoms with Gasteiger partial charge in [0.05, 0.1) is 7.11 Å². The molecular formula is C18H23NO. The Balaban J connectivity index is 1.40. The minimum atomic E-state index is 0.718. The molecule has 0 aromatic heterocycles. The summed E-state index contributed by atoms with van der Waals surface area (Å²) in [6, 6.07) is 9.12. The third kappa shape index (κ3) is 1.98. The topological polar surface area (TPSA) is 21.3 Å². The third-order valence-corrected chi connectivity index (χ3v) is 5.71. The first kappa shape index (κ1) is 12.5. The van der Waals surface area contributed by atoms with Crippen molar-refractivity contribution < 1.29 is 4.74 Å². The average Bonchev–Trinajstić information content (AvgIpc) is 3.17. The fraction of sp³-hybridized carbons (Fsp3) is 0.556. The van der Waals surface area contributed by atoms with Gasteiger partial charge in [0.25, 0.3) is 0 Å². The van der Waals surface area contributed by atoms with Gasteiger partial charge in [-0.3, -0.25) is 0 Å². The van der Waals surface area contributed by atoms with E-state index in [2.05, 4.69) is 35.7 Å². The van der Waals surface area contributed by atoms with Crippen LogP contribution in [-0.4, -0.2) is 13.2 Å². The van der Waals surface area contributed by atoms with Gasteiger partial charge in [0.15, 0.2) is 0 Å². The lowest BCUT2D eigenvalue weighted by Gasteiger charge is -2.32. The zero-order chi connectivity index (χ0) is 13.5. The molecule has 2 nitrogen and oxygen atoms in total. The van der Waals surface area contributed by atoms with E-state index < -0.39 is 0 Å². The standard InChI is InChI=1S/C18H23NO/c1-20-14-5-2-4-12(8-14)11-19-18-10-13-9-17(18)16-7-3-6-15(13)16/h2-5,7-8,13,15-19H,6,9-11H2,1H3/t13?,15-,16-,17?,18+/m0/s1. The zero-order valence-electron chi connectivity index (χ0n) is 12.1. The van der Waals surface area contributed by atoms with E-state index in [0.717, 1.165) is 42.0 Å². The highest BCUT2D eigenvalue weighted by Crippen LogP contribution is 2.56. The predicted octanol–water partition coefficient (Wildman–Crippen LogP) is 3.39. The summed E-state index contributed by atoms with van der Waals surface area (Å²) < 4.78 is 5.30. The summed E-state index contributed by atoms with van der Waals surface area (Å²) in [5.41, 5.74) is 1.32. The molecule has 2 fully saturated rings. The van der Waals surface area contributed by atoms with Gasteiger partial charge in [0.1, 0.15) is 5.75 Å². The van der Waals surface area contributed by atoms with Gasteiger partial charge in [-0.25, -0.2) is 0 Å². The number of rotatable bonds is 4. The second kappa shape index (κ2) is 4.92. The third-order valence-electron chi connectivity index (χ3n) is 5.71. The van der Waals surface area contributed by atoms with Crippen LogP contribution in [0.2, 0.25) is 0 Å². The maximum absolute atomic E-state index is 5.30. The molecule has 0 heterocycles. The molecule has 2 unspecified atom stereocenters. The molecule has 3 aliphatic rings. The lowest BCUT2D eigenvalue weighted by atomic mass is 9.79. The Labute approximate surface area is 121 Å². The summed E-state index contributed by atoms with van der Waals surface area (Å²) >= 11 is 0. The summed E-state index contributed by atoms with van der Waals surface area (Å²) in [7, 11) is 1.73. The number of methoxy groups -OCH3 is 1. The van der Waals surface area contributed by atoms with Crippen molar-refractivity contribution in [1.82, 2.24) is 5.32 Å². The first-order valence-electron chi connectivity index (χ1n) is 7.88. The number of fused-ring (bicyclic) bond motifs is 5. The smallest absolute Gasteiger partial charge is 0.119 e. The molecule has 5 atom stereocenters. The number of nitrogens with one attached hydrogen (secondary N) is 1. The molecule has 3 aliphatic carbocycles. The molecule has 1 aromatic carbocycles. The summed E-state index contributed by atoms with van der Waals surface area (Å²) in [6.07, 6.45) is 9.09. The Bertz CT molecular complexity index is 524. The van der Waals surface area contributed by atoms with Crippen molar-refractivity contribution in [2.45, 2.75) is 31.8 Å². The maximum Gasteiger partial charge on any atom is 0.119 e. The lowest BCUT2D eigenvalue weighted by molar-refractivity contribution is 0.230. The highest BCUT2D eigenvalue weighted by atomic mass is 16.5. The van der Waals surface area contributed by atoms with E-state index in [1.54, 1.807) is 7.11 Å². The number of hydrogen-bond acceptors (Lipinski definition) is 2. The first-order valence-corrected chi connectivity index (χ1v) is 7.88. The molecule has 1 aromatic rings. The molecule has 0 radical (unpaired) electrons. The molecule has 0 saturated heterocycles. The molecule has 4 rings (SSSR count). The van der Waals surface area contributed by atoms with Crippen LogP contribution in [-0.2, 0) is 6.54 Å². The SMILES string of the molecule is COc1cccc(CN[C@@H]2CC3CC2[C@H]2C=CC[C@@H]32)c1. The van der Waals surface area contributed by atoms with Crippen molar-refractivity contribution in [3.8, 4) is 5.75 Å². The van der Waals surface area contributed by atoms with Crippen LogP contribution in [0.15, 0.2) is 36.4 Å². The maximum atomic E-state index is 5.30. The van der Waals surface area contributed by atoms with Crippen LogP contribution in [0.1, 0.15) is 24.8 Å². The number of hydrogen-bond donors (Lipinski definition) is 1. The lowest BCUT2D eigenvalue weighted by Crippen LogP contribution is -2.38. The molecular weight excluding hydrogens is 246 g/mol. The fourth-order valence-electron chi connectivity index (χ4n) is 4.81. The Hall–Kier alpha value is -1.28. The predicted molar refractivity (Wildman–Crippen MR) is 80.6 cm³/mol.